The number of hydrogen-bond acceptors (Lipinski definition) is 4. The van der Waals surface area contributed by atoms with Crippen molar-refractivity contribution in [1.82, 2.24) is 19.4 Å². The van der Waals surface area contributed by atoms with Gasteiger partial charge in [0.15, 0.2) is 0 Å². The van der Waals surface area contributed by atoms with Gasteiger partial charge in [0.1, 0.15) is 16.6 Å². The van der Waals surface area contributed by atoms with Crippen LogP contribution in [0, 0.1) is 0 Å². The summed E-state index contributed by atoms with van der Waals surface area (Å²) >= 11 is 0. The number of aromatic nitrogens is 4. The van der Waals surface area contributed by atoms with E-state index in [1.807, 2.05) is 20.8 Å². The molecule has 0 spiro atoms. The number of nitrogens with zero attached hydrogens (tertiary/aromatic N) is 2. The third-order valence-corrected chi connectivity index (χ3v) is 4.42. The first-order chi connectivity index (χ1) is 12.3. The van der Waals surface area contributed by atoms with Crippen molar-refractivity contribution in [1.29, 1.82) is 0 Å². The summed E-state index contributed by atoms with van der Waals surface area (Å²) in [7, 11) is 0. The van der Waals surface area contributed by atoms with Gasteiger partial charge >= 0.3 is 0 Å². The minimum atomic E-state index is -0.418. The Bertz CT molecular complexity index is 1320. The van der Waals surface area contributed by atoms with E-state index < -0.39 is 11.1 Å². The molecule has 1 aromatic carbocycles. The Morgan fingerprint density at radius 3 is 2.73 bits per heavy atom. The second-order valence-electron chi connectivity index (χ2n) is 7.31. The SMILES string of the molecule is CC(C)(C)c1[nH]cnc1/C=c1\[nH]c(=O)c2cc3cccc(O)c3n2c1=O. The number of aromatic amines is 2. The number of fused-ring (bicyclic) bond motifs is 3. The summed E-state index contributed by atoms with van der Waals surface area (Å²) < 4.78 is 1.25. The highest BCUT2D eigenvalue weighted by atomic mass is 16.3. The Labute approximate surface area is 147 Å². The highest BCUT2D eigenvalue weighted by Gasteiger charge is 2.20. The van der Waals surface area contributed by atoms with E-state index in [1.54, 1.807) is 30.6 Å². The molecule has 3 heterocycles. The number of imidazole rings is 1. The van der Waals surface area contributed by atoms with E-state index in [2.05, 4.69) is 15.0 Å². The van der Waals surface area contributed by atoms with Crippen LogP contribution in [-0.2, 0) is 5.41 Å². The molecule has 0 amide bonds. The van der Waals surface area contributed by atoms with Gasteiger partial charge < -0.3 is 15.1 Å². The van der Waals surface area contributed by atoms with Gasteiger partial charge in [-0.2, -0.15) is 0 Å². The Morgan fingerprint density at radius 1 is 1.23 bits per heavy atom. The number of nitrogens with one attached hydrogen (secondary N) is 2. The molecule has 0 aliphatic heterocycles. The quantitative estimate of drug-likeness (QED) is 0.483. The smallest absolute Gasteiger partial charge is 0.279 e. The van der Waals surface area contributed by atoms with Crippen molar-refractivity contribution in [2.24, 2.45) is 0 Å². The van der Waals surface area contributed by atoms with Gasteiger partial charge in [-0.05, 0) is 18.2 Å². The van der Waals surface area contributed by atoms with E-state index in [9.17, 15) is 14.7 Å². The van der Waals surface area contributed by atoms with Crippen LogP contribution in [0.15, 0.2) is 40.2 Å². The zero-order chi connectivity index (χ0) is 18.6. The molecule has 0 unspecified atom stereocenters. The molecule has 132 valence electrons. The summed E-state index contributed by atoms with van der Waals surface area (Å²) in [4.78, 5) is 35.5. The molecule has 3 N–H and O–H groups in total. The molecule has 0 aliphatic carbocycles. The standard InChI is InChI=1S/C19H18N4O3/c1-19(2,3)16-11(20-9-21-16)8-12-18(26)23-13(17(25)22-12)7-10-5-4-6-14(24)15(10)23/h4-9,24H,1-3H3,(H,20,21)(H,22,25)/b12-8-. The lowest BCUT2D eigenvalue weighted by Gasteiger charge is -2.16. The molecular formula is C19H18N4O3. The first-order valence-electron chi connectivity index (χ1n) is 8.22. The maximum atomic E-state index is 13.0. The second kappa shape index (κ2) is 5.32. The summed E-state index contributed by atoms with van der Waals surface area (Å²) in [6.07, 6.45) is 3.12. The molecule has 0 bridgehead atoms. The summed E-state index contributed by atoms with van der Waals surface area (Å²) in [6, 6.07) is 6.50. The third-order valence-electron chi connectivity index (χ3n) is 4.42. The summed E-state index contributed by atoms with van der Waals surface area (Å²) in [5, 5.41) is 10.9. The third kappa shape index (κ3) is 2.32. The van der Waals surface area contributed by atoms with Gasteiger partial charge in [-0.25, -0.2) is 4.98 Å². The van der Waals surface area contributed by atoms with Crippen LogP contribution in [0.4, 0.5) is 0 Å². The number of H-pyrrole nitrogens is 2. The number of aromatic hydroxyl groups is 1. The van der Waals surface area contributed by atoms with Gasteiger partial charge in [0.2, 0.25) is 0 Å². The minimum Gasteiger partial charge on any atom is -0.506 e. The van der Waals surface area contributed by atoms with Crippen LogP contribution < -0.4 is 16.5 Å². The van der Waals surface area contributed by atoms with Gasteiger partial charge in [0, 0.05) is 16.5 Å². The molecule has 0 aliphatic rings. The van der Waals surface area contributed by atoms with Gasteiger partial charge in [0.25, 0.3) is 11.1 Å². The average molecular weight is 350 g/mol. The van der Waals surface area contributed by atoms with E-state index in [1.165, 1.54) is 10.5 Å². The van der Waals surface area contributed by atoms with Crippen LogP contribution >= 0.6 is 0 Å². The van der Waals surface area contributed by atoms with Crippen molar-refractivity contribution < 1.29 is 5.11 Å². The molecule has 0 fully saturated rings. The zero-order valence-electron chi connectivity index (χ0n) is 14.6. The topological polar surface area (TPSA) is 103 Å². The van der Waals surface area contributed by atoms with E-state index in [-0.39, 0.29) is 22.0 Å². The van der Waals surface area contributed by atoms with Crippen molar-refractivity contribution in [3.63, 3.8) is 0 Å². The highest BCUT2D eigenvalue weighted by Crippen LogP contribution is 2.25. The van der Waals surface area contributed by atoms with Crippen LogP contribution in [0.25, 0.3) is 22.5 Å². The van der Waals surface area contributed by atoms with Gasteiger partial charge in [-0.3, -0.25) is 14.0 Å². The fourth-order valence-electron chi connectivity index (χ4n) is 3.23. The molecule has 0 saturated carbocycles. The van der Waals surface area contributed by atoms with Crippen LogP contribution in [-0.4, -0.2) is 24.5 Å². The number of phenols is 1. The van der Waals surface area contributed by atoms with Crippen molar-refractivity contribution in [2.45, 2.75) is 26.2 Å². The number of benzene rings is 1. The Hall–Kier alpha value is -3.35. The normalized spacial score (nSPS) is 13.1. The van der Waals surface area contributed by atoms with Crippen LogP contribution in [0.1, 0.15) is 32.2 Å². The number of hydrogen-bond donors (Lipinski definition) is 3. The van der Waals surface area contributed by atoms with E-state index in [0.29, 0.717) is 16.6 Å². The Kier molecular flexibility index (Phi) is 3.30. The largest absolute Gasteiger partial charge is 0.506 e. The highest BCUT2D eigenvalue weighted by molar-refractivity contribution is 5.91. The fraction of sp³-hybridized carbons (Fsp3) is 0.211. The fourth-order valence-corrected chi connectivity index (χ4v) is 3.23. The predicted molar refractivity (Wildman–Crippen MR) is 99.5 cm³/mol. The van der Waals surface area contributed by atoms with Crippen LogP contribution in [0.3, 0.4) is 0 Å². The number of para-hydroxylation sites is 1. The lowest BCUT2D eigenvalue weighted by atomic mass is 9.90. The summed E-state index contributed by atoms with van der Waals surface area (Å²) in [6.45, 7) is 6.08. The summed E-state index contributed by atoms with van der Waals surface area (Å²) in [5.74, 6) is -0.0497. The molecule has 0 radical (unpaired) electrons. The maximum Gasteiger partial charge on any atom is 0.279 e. The maximum absolute atomic E-state index is 13.0. The number of phenolic OH excluding ortho intramolecular Hbond substituents is 1. The lowest BCUT2D eigenvalue weighted by molar-refractivity contribution is 0.480. The summed E-state index contributed by atoms with van der Waals surface area (Å²) in [5.41, 5.74) is 0.948. The van der Waals surface area contributed by atoms with E-state index in [0.717, 1.165) is 5.69 Å². The van der Waals surface area contributed by atoms with Crippen molar-refractivity contribution in [3.05, 3.63) is 68.0 Å². The van der Waals surface area contributed by atoms with Crippen molar-refractivity contribution in [3.8, 4) is 5.75 Å². The monoisotopic (exact) mass is 350 g/mol. The molecule has 0 saturated heterocycles. The molecular weight excluding hydrogens is 332 g/mol. The minimum absolute atomic E-state index is 0.0497. The first-order valence-corrected chi connectivity index (χ1v) is 8.22. The molecule has 4 rings (SSSR count). The Balaban J connectivity index is 2.12. The predicted octanol–water partition coefficient (Wildman–Crippen LogP) is 1.41. The molecule has 7 heteroatoms. The lowest BCUT2D eigenvalue weighted by Crippen LogP contribution is -2.39. The molecule has 26 heavy (non-hydrogen) atoms. The molecule has 3 aromatic heterocycles. The van der Waals surface area contributed by atoms with E-state index in [4.69, 9.17) is 0 Å². The zero-order valence-corrected chi connectivity index (χ0v) is 14.6. The van der Waals surface area contributed by atoms with Gasteiger partial charge in [-0.15, -0.1) is 0 Å². The van der Waals surface area contributed by atoms with Gasteiger partial charge in [-0.1, -0.05) is 32.9 Å². The van der Waals surface area contributed by atoms with Crippen molar-refractivity contribution in [2.75, 3.05) is 0 Å². The van der Waals surface area contributed by atoms with Crippen LogP contribution in [0.5, 0.6) is 5.75 Å². The second-order valence-corrected chi connectivity index (χ2v) is 7.31. The number of rotatable bonds is 1. The molecule has 4 aromatic rings. The molecule has 0 atom stereocenters. The van der Waals surface area contributed by atoms with Crippen LogP contribution in [0.2, 0.25) is 0 Å². The van der Waals surface area contributed by atoms with E-state index >= 15 is 0 Å². The van der Waals surface area contributed by atoms with Gasteiger partial charge in [0.05, 0.1) is 17.5 Å². The Morgan fingerprint density at radius 2 is 2.00 bits per heavy atom. The van der Waals surface area contributed by atoms with Crippen molar-refractivity contribution >= 4 is 22.5 Å². The average Bonchev–Trinajstić information content (AvgIpc) is 3.17. The molecule has 7 nitrogen and oxygen atoms in total. The first kappa shape index (κ1) is 16.1.